The lowest BCUT2D eigenvalue weighted by atomic mass is 10.2. The molecule has 0 spiro atoms. The van der Waals surface area contributed by atoms with E-state index in [0.717, 1.165) is 0 Å². The lowest BCUT2D eigenvalue weighted by Crippen LogP contribution is -2.16. The largest absolute Gasteiger partial charge is 0.480 e. The number of carboxylic acids is 1. The lowest BCUT2D eigenvalue weighted by molar-refractivity contribution is -0.134. The zero-order valence-corrected chi connectivity index (χ0v) is 9.25. The van der Waals surface area contributed by atoms with Gasteiger partial charge in [-0.15, -0.1) is 0 Å². The van der Waals surface area contributed by atoms with Crippen LogP contribution in [0, 0.1) is 0 Å². The molecular weight excluding hydrogens is 240 g/mol. The van der Waals surface area contributed by atoms with Gasteiger partial charge in [-0.25, -0.2) is 8.42 Å². The molecule has 0 aromatic heterocycles. The first kappa shape index (κ1) is 12.0. The summed E-state index contributed by atoms with van der Waals surface area (Å²) >= 11 is 5.62. The Bertz CT molecular complexity index is 450. The molecule has 0 saturated carbocycles. The molecule has 1 aromatic carbocycles. The molecule has 4 nitrogen and oxygen atoms in total. The summed E-state index contributed by atoms with van der Waals surface area (Å²) in [7, 11) is -3.59. The van der Waals surface area contributed by atoms with Crippen LogP contribution < -0.4 is 0 Å². The number of halogens is 1. The second kappa shape index (κ2) is 4.63. The van der Waals surface area contributed by atoms with Gasteiger partial charge in [-0.1, -0.05) is 23.7 Å². The van der Waals surface area contributed by atoms with Crippen LogP contribution in [0.1, 0.15) is 5.56 Å². The molecule has 0 aliphatic carbocycles. The van der Waals surface area contributed by atoms with Crippen molar-refractivity contribution in [2.75, 3.05) is 5.75 Å². The third-order valence-electron chi connectivity index (χ3n) is 1.64. The van der Waals surface area contributed by atoms with E-state index in [9.17, 15) is 13.2 Å². The molecule has 0 fully saturated rings. The van der Waals surface area contributed by atoms with Crippen LogP contribution in [0.25, 0.3) is 0 Å². The Hall–Kier alpha value is -1.07. The summed E-state index contributed by atoms with van der Waals surface area (Å²) in [6, 6.07) is 6.24. The molecule has 1 N–H and O–H groups in total. The van der Waals surface area contributed by atoms with Gasteiger partial charge in [0.05, 0.1) is 5.75 Å². The van der Waals surface area contributed by atoms with Gasteiger partial charge in [0.15, 0.2) is 9.84 Å². The Morgan fingerprint density at radius 3 is 2.27 bits per heavy atom. The molecule has 6 heteroatoms. The van der Waals surface area contributed by atoms with E-state index in [4.69, 9.17) is 16.7 Å². The topological polar surface area (TPSA) is 71.4 Å². The maximum atomic E-state index is 11.3. The Labute approximate surface area is 92.4 Å². The molecule has 0 amide bonds. The van der Waals surface area contributed by atoms with Crippen molar-refractivity contribution in [2.45, 2.75) is 5.75 Å². The smallest absolute Gasteiger partial charge is 0.318 e. The van der Waals surface area contributed by atoms with Crippen LogP contribution in [0.2, 0.25) is 5.02 Å². The molecule has 0 unspecified atom stereocenters. The summed E-state index contributed by atoms with van der Waals surface area (Å²) in [5, 5.41) is 8.88. The van der Waals surface area contributed by atoms with E-state index in [1.54, 1.807) is 24.3 Å². The zero-order chi connectivity index (χ0) is 11.5. The molecule has 0 aliphatic heterocycles. The Balaban J connectivity index is 2.78. The number of benzene rings is 1. The third-order valence-corrected chi connectivity index (χ3v) is 3.36. The summed E-state index contributed by atoms with van der Waals surface area (Å²) in [5.74, 6) is -2.48. The van der Waals surface area contributed by atoms with E-state index in [1.807, 2.05) is 0 Å². The van der Waals surface area contributed by atoms with Gasteiger partial charge in [-0.2, -0.15) is 0 Å². The molecule has 0 saturated heterocycles. The highest BCUT2D eigenvalue weighted by Crippen LogP contribution is 2.12. The van der Waals surface area contributed by atoms with Crippen LogP contribution in [0.4, 0.5) is 0 Å². The second-order valence-corrected chi connectivity index (χ2v) is 5.55. The molecule has 15 heavy (non-hydrogen) atoms. The summed E-state index contributed by atoms with van der Waals surface area (Å²) < 4.78 is 22.6. The Morgan fingerprint density at radius 2 is 1.80 bits per heavy atom. The third kappa shape index (κ3) is 4.31. The number of hydrogen-bond acceptors (Lipinski definition) is 3. The fraction of sp³-hybridized carbons (Fsp3) is 0.222. The summed E-state index contributed by atoms with van der Waals surface area (Å²) in [6.07, 6.45) is 0. The number of carbonyl (C=O) groups is 1. The predicted molar refractivity (Wildman–Crippen MR) is 56.6 cm³/mol. The number of aliphatic carboxylic acids is 1. The molecule has 0 bridgehead atoms. The number of hydrogen-bond donors (Lipinski definition) is 1. The molecule has 0 radical (unpaired) electrons. The summed E-state index contributed by atoms with van der Waals surface area (Å²) in [4.78, 5) is 10.3. The second-order valence-electron chi connectivity index (χ2n) is 3.05. The molecular formula is C9H9ClO4S. The minimum absolute atomic E-state index is 0.281. The van der Waals surface area contributed by atoms with Crippen LogP contribution in [-0.2, 0) is 20.4 Å². The van der Waals surface area contributed by atoms with Gasteiger partial charge in [0.1, 0.15) is 5.75 Å². The van der Waals surface area contributed by atoms with Crippen molar-refractivity contribution in [1.82, 2.24) is 0 Å². The van der Waals surface area contributed by atoms with Crippen LogP contribution in [-0.4, -0.2) is 25.2 Å². The van der Waals surface area contributed by atoms with E-state index < -0.39 is 21.6 Å². The monoisotopic (exact) mass is 248 g/mol. The highest BCUT2D eigenvalue weighted by molar-refractivity contribution is 7.91. The molecule has 0 heterocycles. The average Bonchev–Trinajstić information content (AvgIpc) is 2.06. The first-order valence-corrected chi connectivity index (χ1v) is 6.26. The van der Waals surface area contributed by atoms with E-state index in [-0.39, 0.29) is 5.75 Å². The number of carboxylic acid groups (broad SMARTS) is 1. The van der Waals surface area contributed by atoms with Gasteiger partial charge >= 0.3 is 5.97 Å². The van der Waals surface area contributed by atoms with Crippen LogP contribution in [0.15, 0.2) is 24.3 Å². The van der Waals surface area contributed by atoms with Gasteiger partial charge in [0, 0.05) is 5.02 Å². The first-order chi connectivity index (χ1) is 6.89. The zero-order valence-electron chi connectivity index (χ0n) is 7.68. The Morgan fingerprint density at radius 1 is 1.27 bits per heavy atom. The fourth-order valence-electron chi connectivity index (χ4n) is 1.07. The quantitative estimate of drug-likeness (QED) is 0.873. The molecule has 1 rings (SSSR count). The van der Waals surface area contributed by atoms with Gasteiger partial charge in [-0.3, -0.25) is 4.79 Å². The van der Waals surface area contributed by atoms with Crippen molar-refractivity contribution in [1.29, 1.82) is 0 Å². The van der Waals surface area contributed by atoms with Crippen LogP contribution in [0.5, 0.6) is 0 Å². The maximum Gasteiger partial charge on any atom is 0.318 e. The SMILES string of the molecule is O=C(O)CS(=O)(=O)Cc1ccc(Cl)cc1. The van der Waals surface area contributed by atoms with Crippen molar-refractivity contribution in [3.63, 3.8) is 0 Å². The van der Waals surface area contributed by atoms with Crippen LogP contribution in [0.3, 0.4) is 0 Å². The van der Waals surface area contributed by atoms with Crippen LogP contribution >= 0.6 is 11.6 Å². The standard InChI is InChI=1S/C9H9ClO4S/c10-8-3-1-7(2-4-8)5-15(13,14)6-9(11)12/h1-4H,5-6H2,(H,11,12). The van der Waals surface area contributed by atoms with Crippen molar-refractivity contribution >= 4 is 27.4 Å². The molecule has 0 atom stereocenters. The summed E-state index contributed by atoms with van der Waals surface area (Å²) in [6.45, 7) is 0. The minimum atomic E-state index is -3.59. The van der Waals surface area contributed by atoms with E-state index >= 15 is 0 Å². The van der Waals surface area contributed by atoms with Gasteiger partial charge in [0.2, 0.25) is 0 Å². The first-order valence-electron chi connectivity index (χ1n) is 4.06. The Kier molecular flexibility index (Phi) is 3.71. The lowest BCUT2D eigenvalue weighted by Gasteiger charge is -2.01. The highest BCUT2D eigenvalue weighted by Gasteiger charge is 2.16. The number of rotatable bonds is 4. The van der Waals surface area contributed by atoms with E-state index in [2.05, 4.69) is 0 Å². The van der Waals surface area contributed by atoms with Crippen molar-refractivity contribution in [3.8, 4) is 0 Å². The van der Waals surface area contributed by atoms with E-state index in [1.165, 1.54) is 0 Å². The van der Waals surface area contributed by atoms with Gasteiger partial charge < -0.3 is 5.11 Å². The van der Waals surface area contributed by atoms with Gasteiger partial charge in [0.25, 0.3) is 0 Å². The maximum absolute atomic E-state index is 11.3. The van der Waals surface area contributed by atoms with Crippen molar-refractivity contribution < 1.29 is 18.3 Å². The van der Waals surface area contributed by atoms with E-state index in [0.29, 0.717) is 10.6 Å². The predicted octanol–water partition coefficient (Wildman–Crippen LogP) is 1.34. The number of sulfone groups is 1. The molecule has 1 aromatic rings. The minimum Gasteiger partial charge on any atom is -0.480 e. The van der Waals surface area contributed by atoms with Gasteiger partial charge in [-0.05, 0) is 17.7 Å². The fourth-order valence-corrected chi connectivity index (χ4v) is 2.38. The molecule has 0 aliphatic rings. The van der Waals surface area contributed by atoms with Crippen molar-refractivity contribution in [3.05, 3.63) is 34.9 Å². The summed E-state index contributed by atoms with van der Waals surface area (Å²) in [5.41, 5.74) is 0.528. The molecule has 82 valence electrons. The average molecular weight is 249 g/mol. The van der Waals surface area contributed by atoms with Crippen molar-refractivity contribution in [2.24, 2.45) is 0 Å². The normalized spacial score (nSPS) is 11.3. The highest BCUT2D eigenvalue weighted by atomic mass is 35.5.